The van der Waals surface area contributed by atoms with Crippen molar-refractivity contribution in [2.24, 2.45) is 22.0 Å². The second-order valence-electron chi connectivity index (χ2n) is 6.40. The quantitative estimate of drug-likeness (QED) is 0.755. The van der Waals surface area contributed by atoms with E-state index in [4.69, 9.17) is 10.8 Å². The lowest BCUT2D eigenvalue weighted by Crippen LogP contribution is -2.31. The molecule has 0 spiro atoms. The summed E-state index contributed by atoms with van der Waals surface area (Å²) in [5, 5.41) is 8.96. The Morgan fingerprint density at radius 2 is 1.60 bits per heavy atom. The third-order valence-corrected chi connectivity index (χ3v) is 4.43. The Morgan fingerprint density at radius 1 is 1.20 bits per heavy atom. The smallest absolute Gasteiger partial charge is 0.303 e. The van der Waals surface area contributed by atoms with Gasteiger partial charge in [0.2, 0.25) is 0 Å². The van der Waals surface area contributed by atoms with E-state index in [0.29, 0.717) is 6.54 Å². The van der Waals surface area contributed by atoms with Crippen LogP contribution >= 0.6 is 0 Å². The van der Waals surface area contributed by atoms with Crippen LogP contribution in [-0.2, 0) is 4.79 Å². The van der Waals surface area contributed by atoms with Gasteiger partial charge >= 0.3 is 5.97 Å². The molecule has 1 fully saturated rings. The zero-order valence-electron chi connectivity index (χ0n) is 10.3. The lowest BCUT2D eigenvalue weighted by atomic mass is 9.71. The van der Waals surface area contributed by atoms with E-state index in [-0.39, 0.29) is 22.7 Å². The Labute approximate surface area is 92.0 Å². The number of rotatable bonds is 3. The summed E-state index contributed by atoms with van der Waals surface area (Å²) in [5.41, 5.74) is 5.94. The van der Waals surface area contributed by atoms with Gasteiger partial charge in [-0.1, -0.05) is 27.7 Å². The molecule has 3 N–H and O–H groups in total. The van der Waals surface area contributed by atoms with Crippen molar-refractivity contribution in [3.8, 4) is 0 Å². The highest BCUT2D eigenvalue weighted by molar-refractivity contribution is 5.68. The van der Waals surface area contributed by atoms with Crippen LogP contribution < -0.4 is 5.73 Å². The Morgan fingerprint density at radius 3 is 1.87 bits per heavy atom. The SMILES string of the molecule is CC1(C)CC(CN)(CC(=O)O)CC1(C)C. The maximum Gasteiger partial charge on any atom is 0.303 e. The van der Waals surface area contributed by atoms with Crippen molar-refractivity contribution < 1.29 is 9.90 Å². The van der Waals surface area contributed by atoms with E-state index < -0.39 is 5.97 Å². The molecule has 0 bridgehead atoms. The first kappa shape index (κ1) is 12.5. The summed E-state index contributed by atoms with van der Waals surface area (Å²) < 4.78 is 0. The van der Waals surface area contributed by atoms with Gasteiger partial charge in [0.05, 0.1) is 6.42 Å². The van der Waals surface area contributed by atoms with Crippen LogP contribution in [0.2, 0.25) is 0 Å². The molecule has 0 heterocycles. The predicted molar refractivity (Wildman–Crippen MR) is 60.5 cm³/mol. The summed E-state index contributed by atoms with van der Waals surface area (Å²) in [7, 11) is 0. The van der Waals surface area contributed by atoms with Gasteiger partial charge < -0.3 is 10.8 Å². The minimum Gasteiger partial charge on any atom is -0.481 e. The topological polar surface area (TPSA) is 63.3 Å². The molecular weight excluding hydrogens is 190 g/mol. The third kappa shape index (κ3) is 2.17. The van der Waals surface area contributed by atoms with E-state index in [1.165, 1.54) is 0 Å². The molecule has 1 aliphatic rings. The van der Waals surface area contributed by atoms with Crippen molar-refractivity contribution in [1.82, 2.24) is 0 Å². The number of aliphatic carboxylic acids is 1. The Hall–Kier alpha value is -0.570. The minimum atomic E-state index is -0.728. The van der Waals surface area contributed by atoms with Gasteiger partial charge in [0.1, 0.15) is 0 Å². The summed E-state index contributed by atoms with van der Waals surface area (Å²) in [6.07, 6.45) is 2.03. The normalized spacial score (nSPS) is 26.5. The van der Waals surface area contributed by atoms with E-state index >= 15 is 0 Å². The number of hydrogen-bond donors (Lipinski definition) is 2. The molecule has 15 heavy (non-hydrogen) atoms. The molecule has 0 saturated heterocycles. The highest BCUT2D eigenvalue weighted by Gasteiger charge is 2.54. The molecular formula is C12H23NO2. The summed E-state index contributed by atoms with van der Waals surface area (Å²) in [6, 6.07) is 0. The van der Waals surface area contributed by atoms with Crippen molar-refractivity contribution >= 4 is 5.97 Å². The second-order valence-corrected chi connectivity index (χ2v) is 6.40. The number of carboxylic acids is 1. The number of hydrogen-bond acceptors (Lipinski definition) is 2. The second kappa shape index (κ2) is 3.48. The van der Waals surface area contributed by atoms with Crippen molar-refractivity contribution in [2.75, 3.05) is 6.54 Å². The van der Waals surface area contributed by atoms with Gasteiger partial charge in [-0.3, -0.25) is 4.79 Å². The molecule has 88 valence electrons. The van der Waals surface area contributed by atoms with Crippen LogP contribution in [0.1, 0.15) is 47.0 Å². The van der Waals surface area contributed by atoms with Crippen LogP contribution in [0, 0.1) is 16.2 Å². The summed E-state index contributed by atoms with van der Waals surface area (Å²) in [5.74, 6) is -0.728. The lowest BCUT2D eigenvalue weighted by Gasteiger charge is -2.34. The van der Waals surface area contributed by atoms with Crippen molar-refractivity contribution in [2.45, 2.75) is 47.0 Å². The first-order valence-corrected chi connectivity index (χ1v) is 5.56. The van der Waals surface area contributed by atoms with E-state index in [2.05, 4.69) is 27.7 Å². The molecule has 0 aromatic heterocycles. The number of carbonyl (C=O) groups is 1. The predicted octanol–water partition coefficient (Wildman–Crippen LogP) is 2.25. The molecule has 3 nitrogen and oxygen atoms in total. The average Bonchev–Trinajstić information content (AvgIpc) is 2.16. The van der Waals surface area contributed by atoms with E-state index in [1.807, 2.05) is 0 Å². The highest BCUT2D eigenvalue weighted by Crippen LogP contribution is 2.60. The molecule has 3 heteroatoms. The van der Waals surface area contributed by atoms with Crippen LogP contribution in [0.25, 0.3) is 0 Å². The maximum atomic E-state index is 10.9. The first-order chi connectivity index (χ1) is 6.64. The van der Waals surface area contributed by atoms with Crippen LogP contribution in [0.4, 0.5) is 0 Å². The van der Waals surface area contributed by atoms with Crippen molar-refractivity contribution in [3.63, 3.8) is 0 Å². The number of carboxylic acid groups (broad SMARTS) is 1. The molecule has 0 aromatic rings. The summed E-state index contributed by atoms with van der Waals surface area (Å²) in [4.78, 5) is 10.9. The summed E-state index contributed by atoms with van der Waals surface area (Å²) in [6.45, 7) is 9.34. The Bertz CT molecular complexity index is 253. The van der Waals surface area contributed by atoms with E-state index in [9.17, 15) is 4.79 Å². The van der Waals surface area contributed by atoms with Gasteiger partial charge in [-0.15, -0.1) is 0 Å². The molecule has 0 radical (unpaired) electrons. The maximum absolute atomic E-state index is 10.9. The molecule has 1 saturated carbocycles. The highest BCUT2D eigenvalue weighted by atomic mass is 16.4. The van der Waals surface area contributed by atoms with E-state index in [1.54, 1.807) is 0 Å². The van der Waals surface area contributed by atoms with Gasteiger partial charge in [-0.05, 0) is 35.6 Å². The molecule has 0 aromatic carbocycles. The third-order valence-electron chi connectivity index (χ3n) is 4.43. The van der Waals surface area contributed by atoms with Gasteiger partial charge in [-0.25, -0.2) is 0 Å². The largest absolute Gasteiger partial charge is 0.481 e. The Balaban J connectivity index is 2.94. The molecule has 0 atom stereocenters. The van der Waals surface area contributed by atoms with Gasteiger partial charge in [0.25, 0.3) is 0 Å². The van der Waals surface area contributed by atoms with Crippen molar-refractivity contribution in [3.05, 3.63) is 0 Å². The van der Waals surface area contributed by atoms with Crippen molar-refractivity contribution in [1.29, 1.82) is 0 Å². The lowest BCUT2D eigenvalue weighted by molar-refractivity contribution is -0.139. The Kier molecular flexibility index (Phi) is 2.90. The standard InChI is InChI=1S/C12H23NO2/c1-10(2)6-12(8-13,5-9(14)15)7-11(10,3)4/h5-8,13H2,1-4H3,(H,14,15). The summed E-state index contributed by atoms with van der Waals surface area (Å²) >= 11 is 0. The zero-order valence-corrected chi connectivity index (χ0v) is 10.3. The van der Waals surface area contributed by atoms with Crippen LogP contribution in [0.5, 0.6) is 0 Å². The minimum absolute atomic E-state index is 0.168. The van der Waals surface area contributed by atoms with E-state index in [0.717, 1.165) is 12.8 Å². The molecule has 0 unspecified atom stereocenters. The average molecular weight is 213 g/mol. The van der Waals surface area contributed by atoms with Gasteiger partial charge in [-0.2, -0.15) is 0 Å². The fourth-order valence-corrected chi connectivity index (χ4v) is 3.08. The first-order valence-electron chi connectivity index (χ1n) is 5.56. The van der Waals surface area contributed by atoms with Crippen LogP contribution in [-0.4, -0.2) is 17.6 Å². The van der Waals surface area contributed by atoms with Crippen LogP contribution in [0.3, 0.4) is 0 Å². The fourth-order valence-electron chi connectivity index (χ4n) is 3.08. The monoisotopic (exact) mass is 213 g/mol. The zero-order chi connectivity index (χ0) is 11.9. The molecule has 0 aliphatic heterocycles. The molecule has 0 amide bonds. The van der Waals surface area contributed by atoms with Gasteiger partial charge in [0, 0.05) is 0 Å². The molecule has 1 aliphatic carbocycles. The van der Waals surface area contributed by atoms with Crippen LogP contribution in [0.15, 0.2) is 0 Å². The molecule has 1 rings (SSSR count). The fraction of sp³-hybridized carbons (Fsp3) is 0.917. The number of nitrogens with two attached hydrogens (primary N) is 1. The van der Waals surface area contributed by atoms with Gasteiger partial charge in [0.15, 0.2) is 0 Å².